The third kappa shape index (κ3) is 4.12. The number of aliphatic imine (C=N–C) groups is 1. The average Bonchev–Trinajstić information content (AvgIpc) is 2.56. The molecule has 16 heavy (non-hydrogen) atoms. The molecule has 0 saturated heterocycles. The van der Waals surface area contributed by atoms with Crippen molar-refractivity contribution in [3.8, 4) is 0 Å². The summed E-state index contributed by atoms with van der Waals surface area (Å²) >= 11 is 3.88. The molecule has 0 aliphatic carbocycles. The molecule has 1 heterocycles. The van der Waals surface area contributed by atoms with Crippen molar-refractivity contribution in [3.05, 3.63) is 0 Å². The van der Waals surface area contributed by atoms with Crippen LogP contribution in [0.1, 0.15) is 34.1 Å². The monoisotopic (exact) mass is 355 g/mol. The van der Waals surface area contributed by atoms with E-state index in [1.807, 2.05) is 20.8 Å². The summed E-state index contributed by atoms with van der Waals surface area (Å²) in [4.78, 5) is 9.80. The van der Waals surface area contributed by atoms with Gasteiger partial charge in [0.2, 0.25) is 0 Å². The van der Waals surface area contributed by atoms with E-state index in [2.05, 4.69) is 43.0 Å². The van der Waals surface area contributed by atoms with Gasteiger partial charge in [-0.2, -0.15) is 0 Å². The second-order valence-corrected chi connectivity index (χ2v) is 6.26. The van der Waals surface area contributed by atoms with Gasteiger partial charge >= 0.3 is 0 Å². The fourth-order valence-corrected chi connectivity index (χ4v) is 2.77. The van der Waals surface area contributed by atoms with Crippen LogP contribution in [0.5, 0.6) is 0 Å². The summed E-state index contributed by atoms with van der Waals surface area (Å²) in [6.45, 7) is 9.96. The lowest BCUT2D eigenvalue weighted by atomic mass is 10.1. The minimum Gasteiger partial charge on any atom is -0.389 e. The highest BCUT2D eigenvalue weighted by atomic mass is 127. The van der Waals surface area contributed by atoms with Crippen LogP contribution < -0.4 is 0 Å². The minimum atomic E-state index is -0.165. The first-order chi connectivity index (χ1) is 7.48. The van der Waals surface area contributed by atoms with Crippen molar-refractivity contribution in [2.24, 2.45) is 10.1 Å². The minimum absolute atomic E-state index is 0.165. The second kappa shape index (κ2) is 6.09. The SMILES string of the molecule is CC/N=C(/SC1=NOC(C)(C)C1)N(I)CC. The van der Waals surface area contributed by atoms with Crippen molar-refractivity contribution < 1.29 is 4.84 Å². The summed E-state index contributed by atoms with van der Waals surface area (Å²) in [5, 5.41) is 6.11. The largest absolute Gasteiger partial charge is 0.389 e. The predicted molar refractivity (Wildman–Crippen MR) is 79.2 cm³/mol. The van der Waals surface area contributed by atoms with Crippen molar-refractivity contribution in [1.82, 2.24) is 3.11 Å². The van der Waals surface area contributed by atoms with Gasteiger partial charge in [-0.05, 0) is 39.5 Å². The maximum atomic E-state index is 5.34. The second-order valence-electron chi connectivity index (χ2n) is 4.05. The van der Waals surface area contributed by atoms with Crippen molar-refractivity contribution >= 4 is 44.8 Å². The summed E-state index contributed by atoms with van der Waals surface area (Å²) < 4.78 is 2.10. The lowest BCUT2D eigenvalue weighted by Gasteiger charge is -2.16. The van der Waals surface area contributed by atoms with Gasteiger partial charge in [0.15, 0.2) is 5.17 Å². The van der Waals surface area contributed by atoms with Gasteiger partial charge in [0.25, 0.3) is 0 Å². The van der Waals surface area contributed by atoms with Crippen LogP contribution >= 0.6 is 34.6 Å². The highest BCUT2D eigenvalue weighted by Crippen LogP contribution is 2.29. The standard InChI is InChI=1S/C10H18IN3OS/c1-5-12-9(14(11)6-2)16-8-7-10(3,4)15-13-8/h5-7H2,1-4H3/b12-9+. The van der Waals surface area contributed by atoms with Gasteiger partial charge in [0.05, 0.1) is 22.9 Å². The smallest absolute Gasteiger partial charge is 0.174 e. The molecule has 92 valence electrons. The third-order valence-electron chi connectivity index (χ3n) is 1.96. The van der Waals surface area contributed by atoms with Crippen LogP contribution in [0, 0.1) is 0 Å². The summed E-state index contributed by atoms with van der Waals surface area (Å²) in [6, 6.07) is 0. The molecule has 0 aromatic carbocycles. The molecule has 4 nitrogen and oxygen atoms in total. The number of rotatable bonds is 2. The maximum Gasteiger partial charge on any atom is 0.174 e. The molecule has 0 spiro atoms. The summed E-state index contributed by atoms with van der Waals surface area (Å²) in [6.07, 6.45) is 0.856. The first-order valence-electron chi connectivity index (χ1n) is 5.39. The summed E-state index contributed by atoms with van der Waals surface area (Å²) in [7, 11) is 0. The molecule has 1 aliphatic rings. The van der Waals surface area contributed by atoms with E-state index in [1.165, 1.54) is 0 Å². The van der Waals surface area contributed by atoms with Crippen molar-refractivity contribution in [3.63, 3.8) is 0 Å². The average molecular weight is 355 g/mol. The molecule has 0 fully saturated rings. The Kier molecular flexibility index (Phi) is 5.36. The number of nitrogens with zero attached hydrogens (tertiary/aromatic N) is 3. The fourth-order valence-electron chi connectivity index (χ4n) is 1.19. The zero-order valence-electron chi connectivity index (χ0n) is 10.2. The normalized spacial score (nSPS) is 19.3. The first-order valence-corrected chi connectivity index (χ1v) is 7.17. The predicted octanol–water partition coefficient (Wildman–Crippen LogP) is 3.28. The first kappa shape index (κ1) is 14.1. The van der Waals surface area contributed by atoms with Crippen LogP contribution in [0.15, 0.2) is 10.1 Å². The molecule has 0 saturated carbocycles. The van der Waals surface area contributed by atoms with E-state index in [4.69, 9.17) is 4.84 Å². The van der Waals surface area contributed by atoms with E-state index in [0.717, 1.165) is 29.7 Å². The number of halogens is 1. The van der Waals surface area contributed by atoms with E-state index in [0.29, 0.717) is 0 Å². The molecular formula is C10H18IN3OS. The van der Waals surface area contributed by atoms with Gasteiger partial charge in [-0.1, -0.05) is 5.16 Å². The molecule has 0 N–H and O–H groups in total. The zero-order valence-corrected chi connectivity index (χ0v) is 13.1. The lowest BCUT2D eigenvalue weighted by Crippen LogP contribution is -2.21. The summed E-state index contributed by atoms with van der Waals surface area (Å²) in [5.41, 5.74) is -0.165. The molecule has 1 aliphatic heterocycles. The van der Waals surface area contributed by atoms with E-state index in [9.17, 15) is 0 Å². The van der Waals surface area contributed by atoms with Gasteiger partial charge in [-0.15, -0.1) is 0 Å². The Morgan fingerprint density at radius 1 is 1.62 bits per heavy atom. The highest BCUT2D eigenvalue weighted by molar-refractivity contribution is 14.1. The quantitative estimate of drug-likeness (QED) is 0.330. The van der Waals surface area contributed by atoms with E-state index in [-0.39, 0.29) is 5.60 Å². The molecule has 1 rings (SSSR count). The van der Waals surface area contributed by atoms with Crippen LogP contribution in [0.3, 0.4) is 0 Å². The van der Waals surface area contributed by atoms with Crippen LogP contribution in [0.2, 0.25) is 0 Å². The van der Waals surface area contributed by atoms with Crippen LogP contribution in [-0.4, -0.2) is 32.0 Å². The Bertz CT molecular complexity index is 304. The molecule has 0 bridgehead atoms. The highest BCUT2D eigenvalue weighted by Gasteiger charge is 2.30. The van der Waals surface area contributed by atoms with E-state index in [1.54, 1.807) is 11.8 Å². The van der Waals surface area contributed by atoms with Crippen molar-refractivity contribution in [2.75, 3.05) is 13.1 Å². The van der Waals surface area contributed by atoms with Crippen LogP contribution in [0.4, 0.5) is 0 Å². The Morgan fingerprint density at radius 3 is 2.75 bits per heavy atom. The zero-order chi connectivity index (χ0) is 12.2. The van der Waals surface area contributed by atoms with E-state index >= 15 is 0 Å². The van der Waals surface area contributed by atoms with Gasteiger partial charge in [0.1, 0.15) is 10.6 Å². The van der Waals surface area contributed by atoms with Crippen LogP contribution in [-0.2, 0) is 4.84 Å². The van der Waals surface area contributed by atoms with Crippen molar-refractivity contribution in [1.29, 1.82) is 0 Å². The Morgan fingerprint density at radius 2 is 2.31 bits per heavy atom. The van der Waals surface area contributed by atoms with Gasteiger partial charge in [-0.3, -0.25) is 8.11 Å². The van der Waals surface area contributed by atoms with Gasteiger partial charge < -0.3 is 4.84 Å². The van der Waals surface area contributed by atoms with Gasteiger partial charge in [0, 0.05) is 19.5 Å². The number of hydrogen-bond acceptors (Lipinski definition) is 4. The maximum absolute atomic E-state index is 5.34. The molecule has 6 heteroatoms. The van der Waals surface area contributed by atoms with Crippen LogP contribution in [0.25, 0.3) is 0 Å². The lowest BCUT2D eigenvalue weighted by molar-refractivity contribution is 0.0123. The van der Waals surface area contributed by atoms with Gasteiger partial charge in [-0.25, -0.2) is 0 Å². The molecule has 0 radical (unpaired) electrons. The molecule has 0 unspecified atom stereocenters. The summed E-state index contributed by atoms with van der Waals surface area (Å²) in [5.74, 6) is 0. The molecule has 0 aromatic heterocycles. The van der Waals surface area contributed by atoms with E-state index < -0.39 is 0 Å². The molecule has 0 atom stereocenters. The topological polar surface area (TPSA) is 37.2 Å². The molecular weight excluding hydrogens is 337 g/mol. The Labute approximate surface area is 115 Å². The number of amidine groups is 1. The fraction of sp³-hybridized carbons (Fsp3) is 0.800. The Hall–Kier alpha value is 0.0200. The molecule has 0 amide bonds. The Balaban J connectivity index is 2.61. The molecule has 0 aromatic rings. The third-order valence-corrected chi connectivity index (χ3v) is 4.41. The number of oxime groups is 1. The number of thioether (sulfide) groups is 1. The van der Waals surface area contributed by atoms with Crippen molar-refractivity contribution in [2.45, 2.75) is 39.7 Å². The number of hydrogen-bond donors (Lipinski definition) is 0.